The molecule has 2 amide bonds. The van der Waals surface area contributed by atoms with Crippen molar-refractivity contribution in [2.24, 2.45) is 5.41 Å². The van der Waals surface area contributed by atoms with Gasteiger partial charge in [-0.1, -0.05) is 20.8 Å². The van der Waals surface area contributed by atoms with Gasteiger partial charge in [0.25, 0.3) is 0 Å². The molecule has 0 spiro atoms. The highest BCUT2D eigenvalue weighted by Gasteiger charge is 2.32. The van der Waals surface area contributed by atoms with E-state index >= 15 is 0 Å². The maximum atomic E-state index is 11.7. The van der Waals surface area contributed by atoms with Gasteiger partial charge in [-0.3, -0.25) is 0 Å². The third-order valence-corrected chi connectivity index (χ3v) is 3.70. The summed E-state index contributed by atoms with van der Waals surface area (Å²) >= 11 is 1.58. The van der Waals surface area contributed by atoms with Crippen molar-refractivity contribution >= 4 is 23.3 Å². The van der Waals surface area contributed by atoms with Crippen molar-refractivity contribution < 1.29 is 14.7 Å². The largest absolute Gasteiger partial charge is 0.480 e. The molecule has 0 bridgehead atoms. The molecule has 0 fully saturated rings. The highest BCUT2D eigenvalue weighted by molar-refractivity contribution is 7.08. The predicted molar refractivity (Wildman–Crippen MR) is 75.3 cm³/mol. The summed E-state index contributed by atoms with van der Waals surface area (Å²) in [5, 5.41) is 18.3. The molecule has 0 aromatic carbocycles. The molecule has 5 nitrogen and oxygen atoms in total. The molecule has 1 aromatic heterocycles. The summed E-state index contributed by atoms with van der Waals surface area (Å²) in [6, 6.07) is -1.39. The zero-order valence-corrected chi connectivity index (χ0v) is 12.4. The van der Waals surface area contributed by atoms with E-state index in [2.05, 4.69) is 10.6 Å². The summed E-state index contributed by atoms with van der Waals surface area (Å²) in [6.45, 7) is 7.69. The molecule has 0 saturated heterocycles. The van der Waals surface area contributed by atoms with Crippen LogP contribution in [0, 0.1) is 12.3 Å². The number of aryl methyl sites for hydroxylation is 1. The van der Waals surface area contributed by atoms with Gasteiger partial charge in [-0.15, -0.1) is 0 Å². The summed E-state index contributed by atoms with van der Waals surface area (Å²) in [5.41, 5.74) is 1.63. The molecule has 0 unspecified atom stereocenters. The molecule has 0 aliphatic carbocycles. The molecular formula is C13H20N2O3S. The second-order valence-corrected chi connectivity index (χ2v) is 6.29. The van der Waals surface area contributed by atoms with Gasteiger partial charge in [0.15, 0.2) is 0 Å². The Morgan fingerprint density at radius 3 is 2.42 bits per heavy atom. The monoisotopic (exact) mass is 284 g/mol. The van der Waals surface area contributed by atoms with Gasteiger partial charge < -0.3 is 15.7 Å². The number of rotatable bonds is 4. The average Bonchev–Trinajstić information content (AvgIpc) is 2.67. The summed E-state index contributed by atoms with van der Waals surface area (Å²) in [7, 11) is 0. The van der Waals surface area contributed by atoms with Crippen LogP contribution in [0.1, 0.15) is 31.9 Å². The van der Waals surface area contributed by atoms with Crippen LogP contribution in [-0.4, -0.2) is 23.1 Å². The lowest BCUT2D eigenvalue weighted by molar-refractivity contribution is -0.141. The number of carbonyl (C=O) groups is 2. The lowest BCUT2D eigenvalue weighted by atomic mass is 9.87. The fourth-order valence-electron chi connectivity index (χ4n) is 1.57. The third-order valence-electron chi connectivity index (χ3n) is 2.79. The molecule has 1 rings (SSSR count). The minimum atomic E-state index is -1.03. The quantitative estimate of drug-likeness (QED) is 0.794. The zero-order chi connectivity index (χ0) is 14.6. The van der Waals surface area contributed by atoms with Crippen LogP contribution in [0.3, 0.4) is 0 Å². The number of thiophene rings is 1. The first-order valence-corrected chi connectivity index (χ1v) is 6.95. The maximum absolute atomic E-state index is 11.7. The first-order chi connectivity index (χ1) is 8.71. The van der Waals surface area contributed by atoms with Gasteiger partial charge in [0.2, 0.25) is 0 Å². The van der Waals surface area contributed by atoms with Crippen LogP contribution in [0.25, 0.3) is 0 Å². The van der Waals surface area contributed by atoms with Crippen molar-refractivity contribution in [3.8, 4) is 0 Å². The van der Waals surface area contributed by atoms with Gasteiger partial charge in [0, 0.05) is 6.54 Å². The fraction of sp³-hybridized carbons (Fsp3) is 0.538. The Hall–Kier alpha value is -1.56. The molecule has 0 aliphatic heterocycles. The van der Waals surface area contributed by atoms with Crippen molar-refractivity contribution in [1.29, 1.82) is 0 Å². The van der Waals surface area contributed by atoms with Gasteiger partial charge >= 0.3 is 12.0 Å². The number of hydrogen-bond donors (Lipinski definition) is 3. The lowest BCUT2D eigenvalue weighted by Crippen LogP contribution is -2.52. The molecule has 1 atom stereocenters. The molecule has 1 heterocycles. The molecule has 0 aliphatic rings. The zero-order valence-electron chi connectivity index (χ0n) is 11.6. The second kappa shape index (κ2) is 6.06. The van der Waals surface area contributed by atoms with Crippen LogP contribution in [-0.2, 0) is 11.3 Å². The summed E-state index contributed by atoms with van der Waals surface area (Å²) in [4.78, 5) is 22.9. The third kappa shape index (κ3) is 4.55. The van der Waals surface area contributed by atoms with Crippen molar-refractivity contribution in [3.05, 3.63) is 21.9 Å². The van der Waals surface area contributed by atoms with E-state index in [1.54, 1.807) is 32.1 Å². The second-order valence-electron chi connectivity index (χ2n) is 5.54. The maximum Gasteiger partial charge on any atom is 0.326 e. The van der Waals surface area contributed by atoms with Crippen LogP contribution >= 0.6 is 11.3 Å². The van der Waals surface area contributed by atoms with Crippen LogP contribution in [0.2, 0.25) is 0 Å². The molecule has 1 aromatic rings. The van der Waals surface area contributed by atoms with Crippen molar-refractivity contribution in [2.45, 2.75) is 40.3 Å². The number of carbonyl (C=O) groups excluding carboxylic acids is 1. The lowest BCUT2D eigenvalue weighted by Gasteiger charge is -2.27. The van der Waals surface area contributed by atoms with E-state index in [0.717, 1.165) is 11.1 Å². The predicted octanol–water partition coefficient (Wildman–Crippen LogP) is 2.36. The SMILES string of the molecule is Cc1cscc1CNC(=O)N[C@H](C(=O)O)C(C)(C)C. The molecule has 19 heavy (non-hydrogen) atoms. The first-order valence-electron chi connectivity index (χ1n) is 6.00. The number of aliphatic carboxylic acids is 1. The van der Waals surface area contributed by atoms with Crippen LogP contribution < -0.4 is 10.6 Å². The average molecular weight is 284 g/mol. The Bertz CT molecular complexity index is 463. The molecular weight excluding hydrogens is 264 g/mol. The van der Waals surface area contributed by atoms with Crippen molar-refractivity contribution in [3.63, 3.8) is 0 Å². The van der Waals surface area contributed by atoms with Crippen molar-refractivity contribution in [1.82, 2.24) is 10.6 Å². The smallest absolute Gasteiger partial charge is 0.326 e. The fourth-order valence-corrected chi connectivity index (χ4v) is 2.43. The Labute approximate surface area is 117 Å². The summed E-state index contributed by atoms with van der Waals surface area (Å²) in [6.07, 6.45) is 0. The number of amides is 2. The molecule has 106 valence electrons. The molecule has 0 radical (unpaired) electrons. The normalized spacial score (nSPS) is 12.8. The Morgan fingerprint density at radius 1 is 1.37 bits per heavy atom. The van der Waals surface area contributed by atoms with E-state index < -0.39 is 23.5 Å². The molecule has 0 saturated carbocycles. The Kier molecular flexibility index (Phi) is 4.94. The van der Waals surface area contributed by atoms with E-state index in [0.29, 0.717) is 6.54 Å². The van der Waals surface area contributed by atoms with Crippen molar-refractivity contribution in [2.75, 3.05) is 0 Å². The first kappa shape index (κ1) is 15.5. The van der Waals surface area contributed by atoms with E-state index in [-0.39, 0.29) is 0 Å². The standard InChI is InChI=1S/C13H20N2O3S/c1-8-6-19-7-9(8)5-14-12(18)15-10(11(16)17)13(2,3)4/h6-7,10H,5H2,1-4H3,(H,16,17)(H2,14,15,18)/t10-/m1/s1. The van der Waals surface area contributed by atoms with E-state index in [9.17, 15) is 9.59 Å². The number of carboxylic acids is 1. The number of hydrogen-bond acceptors (Lipinski definition) is 3. The Balaban J connectivity index is 2.55. The van der Waals surface area contributed by atoms with Crippen LogP contribution in [0.4, 0.5) is 4.79 Å². The summed E-state index contributed by atoms with van der Waals surface area (Å²) in [5.74, 6) is -1.03. The van der Waals surface area contributed by atoms with Crippen LogP contribution in [0.5, 0.6) is 0 Å². The van der Waals surface area contributed by atoms with E-state index in [1.165, 1.54) is 0 Å². The van der Waals surface area contributed by atoms with Gasteiger partial charge in [-0.05, 0) is 34.2 Å². The van der Waals surface area contributed by atoms with Gasteiger partial charge in [-0.2, -0.15) is 11.3 Å². The minimum Gasteiger partial charge on any atom is -0.480 e. The van der Waals surface area contributed by atoms with Gasteiger partial charge in [0.1, 0.15) is 6.04 Å². The summed E-state index contributed by atoms with van der Waals surface area (Å²) < 4.78 is 0. The van der Waals surface area contributed by atoms with E-state index in [4.69, 9.17) is 5.11 Å². The highest BCUT2D eigenvalue weighted by atomic mass is 32.1. The van der Waals surface area contributed by atoms with Gasteiger partial charge in [-0.25, -0.2) is 9.59 Å². The molecule has 3 N–H and O–H groups in total. The number of urea groups is 1. The van der Waals surface area contributed by atoms with Crippen LogP contribution in [0.15, 0.2) is 10.8 Å². The minimum absolute atomic E-state index is 0.400. The number of nitrogens with one attached hydrogen (secondary N) is 2. The van der Waals surface area contributed by atoms with Gasteiger partial charge in [0.05, 0.1) is 0 Å². The Morgan fingerprint density at radius 2 is 2.00 bits per heavy atom. The highest BCUT2D eigenvalue weighted by Crippen LogP contribution is 2.19. The molecule has 6 heteroatoms. The number of carboxylic acid groups (broad SMARTS) is 1. The topological polar surface area (TPSA) is 78.4 Å². The van der Waals surface area contributed by atoms with E-state index in [1.807, 2.05) is 17.7 Å².